The van der Waals surface area contributed by atoms with Crippen LogP contribution in [0.5, 0.6) is 0 Å². The second-order valence-corrected chi connectivity index (χ2v) is 8.64. The van der Waals surface area contributed by atoms with Gasteiger partial charge in [-0.05, 0) is 56.5 Å². The third-order valence-corrected chi connectivity index (χ3v) is 5.98. The van der Waals surface area contributed by atoms with Gasteiger partial charge in [0, 0.05) is 30.5 Å². The van der Waals surface area contributed by atoms with Crippen molar-refractivity contribution in [3.05, 3.63) is 53.7 Å². The van der Waals surface area contributed by atoms with Crippen molar-refractivity contribution < 1.29 is 13.6 Å². The van der Waals surface area contributed by atoms with Gasteiger partial charge in [-0.3, -0.25) is 9.78 Å². The Kier molecular flexibility index (Phi) is 5.76. The average molecular weight is 453 g/mol. The number of hydrogen-bond donors (Lipinski definition) is 3. The molecule has 1 saturated heterocycles. The molecule has 2 atom stereocenters. The van der Waals surface area contributed by atoms with Crippen molar-refractivity contribution in [3.63, 3.8) is 0 Å². The molecule has 1 aliphatic heterocycles. The number of aromatic nitrogens is 4. The summed E-state index contributed by atoms with van der Waals surface area (Å²) >= 11 is 0. The van der Waals surface area contributed by atoms with Gasteiger partial charge in [-0.25, -0.2) is 13.5 Å². The minimum absolute atomic E-state index is 0.0184. The Hall–Kier alpha value is -3.40. The number of alkyl halides is 1. The fraction of sp³-hybridized carbons (Fsp3) is 0.391. The van der Waals surface area contributed by atoms with Gasteiger partial charge in [-0.2, -0.15) is 0 Å². The largest absolute Gasteiger partial charge is 0.378 e. The predicted octanol–water partition coefficient (Wildman–Crippen LogP) is 2.78. The topological polar surface area (TPSA) is 96.8 Å². The highest BCUT2D eigenvalue weighted by Crippen LogP contribution is 2.25. The van der Waals surface area contributed by atoms with Crippen molar-refractivity contribution in [2.75, 3.05) is 18.4 Å². The molecule has 1 aliphatic carbocycles. The van der Waals surface area contributed by atoms with Crippen LogP contribution < -0.4 is 16.0 Å². The molecule has 0 bridgehead atoms. The van der Waals surface area contributed by atoms with Gasteiger partial charge >= 0.3 is 0 Å². The van der Waals surface area contributed by atoms with Crippen LogP contribution in [0, 0.1) is 12.7 Å². The fourth-order valence-electron chi connectivity index (χ4n) is 3.94. The zero-order chi connectivity index (χ0) is 22.9. The van der Waals surface area contributed by atoms with Gasteiger partial charge in [0.1, 0.15) is 17.7 Å². The van der Waals surface area contributed by atoms with Gasteiger partial charge in [0.2, 0.25) is 0 Å². The second-order valence-electron chi connectivity index (χ2n) is 8.64. The van der Waals surface area contributed by atoms with E-state index in [0.717, 1.165) is 19.4 Å². The highest BCUT2D eigenvalue weighted by molar-refractivity contribution is 5.95. The summed E-state index contributed by atoms with van der Waals surface area (Å²) in [6.07, 6.45) is 6.55. The van der Waals surface area contributed by atoms with E-state index in [1.54, 1.807) is 25.5 Å². The number of halogens is 2. The summed E-state index contributed by atoms with van der Waals surface area (Å²) in [7, 11) is 0. The molecule has 0 spiro atoms. The molecule has 8 nitrogen and oxygen atoms in total. The quantitative estimate of drug-likeness (QED) is 0.531. The van der Waals surface area contributed by atoms with Crippen LogP contribution in [0.15, 0.2) is 36.8 Å². The first-order valence-corrected chi connectivity index (χ1v) is 11.1. The van der Waals surface area contributed by atoms with Crippen molar-refractivity contribution >= 4 is 11.6 Å². The smallest absolute Gasteiger partial charge is 0.254 e. The van der Waals surface area contributed by atoms with E-state index in [1.807, 2.05) is 6.07 Å². The van der Waals surface area contributed by atoms with Gasteiger partial charge < -0.3 is 16.0 Å². The van der Waals surface area contributed by atoms with Gasteiger partial charge in [-0.15, -0.1) is 5.10 Å². The van der Waals surface area contributed by atoms with Crippen molar-refractivity contribution in [1.82, 2.24) is 30.6 Å². The maximum absolute atomic E-state index is 14.5. The Morgan fingerprint density at radius 2 is 2.06 bits per heavy atom. The molecule has 5 rings (SSSR count). The Bertz CT molecular complexity index is 1180. The molecule has 3 heterocycles. The van der Waals surface area contributed by atoms with Crippen LogP contribution in [0.4, 0.5) is 14.5 Å². The number of pyridine rings is 1. The van der Waals surface area contributed by atoms with Crippen molar-refractivity contribution in [3.8, 4) is 16.9 Å². The molecule has 1 aromatic carbocycles. The van der Waals surface area contributed by atoms with E-state index in [2.05, 4.69) is 31.2 Å². The molecule has 10 heteroatoms. The lowest BCUT2D eigenvalue weighted by Gasteiger charge is -2.28. The van der Waals surface area contributed by atoms with Gasteiger partial charge in [0.25, 0.3) is 5.91 Å². The minimum Gasteiger partial charge on any atom is -0.378 e. The summed E-state index contributed by atoms with van der Waals surface area (Å²) in [5.41, 5.74) is 3.14. The summed E-state index contributed by atoms with van der Waals surface area (Å²) < 4.78 is 30.1. The minimum atomic E-state index is -0.976. The standard InChI is InChI=1S/C23H25F2N7O/c1-13-6-18(24)17(23(33)29-15-2-3-15)8-22(13)32-12-21(30-31-32)14-7-16(10-27-9-14)28-20-4-5-26-11-19(20)25/h6-10,12,15,19-20,26,28H,2-5,11H2,1H3,(H,29,33). The van der Waals surface area contributed by atoms with Crippen LogP contribution in [0.25, 0.3) is 16.9 Å². The summed E-state index contributed by atoms with van der Waals surface area (Å²) in [6.45, 7) is 2.84. The van der Waals surface area contributed by atoms with Gasteiger partial charge in [0.15, 0.2) is 0 Å². The van der Waals surface area contributed by atoms with Crippen molar-refractivity contribution in [2.45, 2.75) is 44.4 Å². The number of carbonyl (C=O) groups is 1. The van der Waals surface area contributed by atoms with Crippen LogP contribution >= 0.6 is 0 Å². The van der Waals surface area contributed by atoms with Crippen LogP contribution in [0.1, 0.15) is 35.2 Å². The number of anilines is 1. The highest BCUT2D eigenvalue weighted by Gasteiger charge is 2.26. The van der Waals surface area contributed by atoms with Gasteiger partial charge in [0.05, 0.1) is 29.2 Å². The number of aryl methyl sites for hydroxylation is 1. The van der Waals surface area contributed by atoms with E-state index in [0.29, 0.717) is 41.2 Å². The van der Waals surface area contributed by atoms with E-state index in [4.69, 9.17) is 0 Å². The molecule has 3 N–H and O–H groups in total. The fourth-order valence-corrected chi connectivity index (χ4v) is 3.94. The lowest BCUT2D eigenvalue weighted by atomic mass is 10.0. The van der Waals surface area contributed by atoms with E-state index in [9.17, 15) is 13.6 Å². The maximum Gasteiger partial charge on any atom is 0.254 e. The molecule has 2 fully saturated rings. The SMILES string of the molecule is Cc1cc(F)c(C(=O)NC2CC2)cc1-n1cc(-c2cncc(NC3CCNCC3F)c2)nn1. The Balaban J connectivity index is 1.39. The third-order valence-electron chi connectivity index (χ3n) is 5.98. The molecule has 1 saturated carbocycles. The number of hydrogen-bond acceptors (Lipinski definition) is 6. The zero-order valence-electron chi connectivity index (χ0n) is 18.2. The summed E-state index contributed by atoms with van der Waals surface area (Å²) in [6, 6.07) is 4.53. The van der Waals surface area contributed by atoms with Gasteiger partial charge in [-0.1, -0.05) is 5.21 Å². The molecular weight excluding hydrogens is 428 g/mol. The first-order chi connectivity index (χ1) is 16.0. The molecule has 33 heavy (non-hydrogen) atoms. The summed E-state index contributed by atoms with van der Waals surface area (Å²) in [4.78, 5) is 16.7. The second kappa shape index (κ2) is 8.86. The number of nitrogens with one attached hydrogen (secondary N) is 3. The lowest BCUT2D eigenvalue weighted by Crippen LogP contribution is -2.45. The number of amides is 1. The van der Waals surface area contributed by atoms with Crippen LogP contribution in [-0.4, -0.2) is 57.2 Å². The molecule has 1 amide bonds. The van der Waals surface area contributed by atoms with Crippen LogP contribution in [0.3, 0.4) is 0 Å². The highest BCUT2D eigenvalue weighted by atomic mass is 19.1. The number of rotatable bonds is 6. The Morgan fingerprint density at radius 1 is 1.21 bits per heavy atom. The summed E-state index contributed by atoms with van der Waals surface area (Å²) in [5.74, 6) is -0.995. The third kappa shape index (κ3) is 4.70. The first kappa shape index (κ1) is 21.4. The van der Waals surface area contributed by atoms with E-state index in [-0.39, 0.29) is 17.6 Å². The molecular formula is C23H25F2N7O. The van der Waals surface area contributed by atoms with Crippen LogP contribution in [-0.2, 0) is 0 Å². The van der Waals surface area contributed by atoms with E-state index >= 15 is 0 Å². The number of piperidine rings is 1. The monoisotopic (exact) mass is 453 g/mol. The summed E-state index contributed by atoms with van der Waals surface area (Å²) in [5, 5.41) is 17.5. The Morgan fingerprint density at radius 3 is 2.85 bits per heavy atom. The maximum atomic E-state index is 14.5. The number of nitrogens with zero attached hydrogens (tertiary/aromatic N) is 4. The van der Waals surface area contributed by atoms with Crippen LogP contribution in [0.2, 0.25) is 0 Å². The molecule has 2 aliphatic rings. The average Bonchev–Trinajstić information content (AvgIpc) is 3.47. The van der Waals surface area contributed by atoms with Crippen molar-refractivity contribution in [1.29, 1.82) is 0 Å². The number of benzene rings is 1. The van der Waals surface area contributed by atoms with Crippen molar-refractivity contribution in [2.24, 2.45) is 0 Å². The molecule has 0 radical (unpaired) electrons. The zero-order valence-corrected chi connectivity index (χ0v) is 18.2. The first-order valence-electron chi connectivity index (χ1n) is 11.1. The normalized spacial score (nSPS) is 20.5. The predicted molar refractivity (Wildman–Crippen MR) is 120 cm³/mol. The number of carbonyl (C=O) groups excluding carboxylic acids is 1. The molecule has 2 unspecified atom stereocenters. The molecule has 172 valence electrons. The Labute approximate surface area is 189 Å². The van der Waals surface area contributed by atoms with E-state index in [1.165, 1.54) is 16.8 Å². The van der Waals surface area contributed by atoms with E-state index < -0.39 is 17.9 Å². The molecule has 3 aromatic rings. The lowest BCUT2D eigenvalue weighted by molar-refractivity contribution is 0.0947. The molecule has 2 aromatic heterocycles.